The smallest absolute Gasteiger partial charge is 0.271 e. The Labute approximate surface area is 219 Å². The fraction of sp³-hybridized carbons (Fsp3) is 0.571. The normalized spacial score (nSPS) is 26.9. The summed E-state index contributed by atoms with van der Waals surface area (Å²) in [6.45, 7) is 1.43. The fourth-order valence-corrected chi connectivity index (χ4v) is 6.15. The number of benzene rings is 1. The number of carbonyl (C=O) groups excluding carboxylic acids is 4. The summed E-state index contributed by atoms with van der Waals surface area (Å²) in [6, 6.07) is 4.83. The van der Waals surface area contributed by atoms with Gasteiger partial charge in [0.1, 0.15) is 23.3 Å². The Morgan fingerprint density at radius 3 is 2.68 bits per heavy atom. The first kappa shape index (κ1) is 26.3. The molecule has 0 radical (unpaired) electrons. The van der Waals surface area contributed by atoms with Crippen molar-refractivity contribution in [1.82, 2.24) is 15.2 Å². The van der Waals surface area contributed by atoms with Gasteiger partial charge in [0.25, 0.3) is 11.8 Å². The van der Waals surface area contributed by atoms with E-state index in [9.17, 15) is 28.0 Å². The zero-order valence-corrected chi connectivity index (χ0v) is 21.6. The molecule has 1 spiro atoms. The number of aromatic amines is 1. The molecule has 2 N–H and O–H groups in total. The van der Waals surface area contributed by atoms with E-state index in [2.05, 4.69) is 10.3 Å². The second-order valence-electron chi connectivity index (χ2n) is 10.9. The van der Waals surface area contributed by atoms with E-state index >= 15 is 0 Å². The van der Waals surface area contributed by atoms with E-state index in [0.29, 0.717) is 29.5 Å². The number of nitrogens with zero attached hydrogens (tertiary/aromatic N) is 1. The quantitative estimate of drug-likeness (QED) is 0.537. The Morgan fingerprint density at radius 1 is 1.26 bits per heavy atom. The number of nitrogens with one attached hydrogen (secondary N) is 2. The summed E-state index contributed by atoms with van der Waals surface area (Å²) in [5, 5.41) is 3.40. The second-order valence-corrected chi connectivity index (χ2v) is 10.9. The van der Waals surface area contributed by atoms with Gasteiger partial charge in [-0.2, -0.15) is 0 Å². The zero-order valence-electron chi connectivity index (χ0n) is 21.6. The maximum absolute atomic E-state index is 14.4. The van der Waals surface area contributed by atoms with Gasteiger partial charge in [0.05, 0.1) is 18.6 Å². The van der Waals surface area contributed by atoms with Crippen molar-refractivity contribution in [3.63, 3.8) is 0 Å². The van der Waals surface area contributed by atoms with E-state index < -0.39 is 35.2 Å². The van der Waals surface area contributed by atoms with Crippen LogP contribution in [0.25, 0.3) is 10.9 Å². The number of likely N-dealkylation sites (tertiary alicyclic amines) is 1. The van der Waals surface area contributed by atoms with Crippen molar-refractivity contribution in [3.8, 4) is 5.75 Å². The number of fused-ring (bicyclic) bond motifs is 1. The summed E-state index contributed by atoms with van der Waals surface area (Å²) in [5.41, 5.74) is -0.639. The van der Waals surface area contributed by atoms with Crippen LogP contribution in [0.15, 0.2) is 24.3 Å². The SMILES string of the molecule is CCC(=O)[C@H](C[C@@H]1CCCCC1=O)NC(=O)[C@@H]1C[C@@]2(CN1C(=O)c1cc3c(OC)cccc3[nH]1)CC2(F)F. The summed E-state index contributed by atoms with van der Waals surface area (Å²) < 4.78 is 34.3. The van der Waals surface area contributed by atoms with Crippen LogP contribution in [0.1, 0.15) is 68.8 Å². The number of halogens is 2. The highest BCUT2D eigenvalue weighted by atomic mass is 19.3. The highest BCUT2D eigenvalue weighted by molar-refractivity contribution is 6.02. The molecular formula is C28H33F2N3O5. The highest BCUT2D eigenvalue weighted by Crippen LogP contribution is 2.66. The van der Waals surface area contributed by atoms with E-state index in [1.165, 1.54) is 12.0 Å². The van der Waals surface area contributed by atoms with Crippen LogP contribution < -0.4 is 10.1 Å². The molecule has 38 heavy (non-hydrogen) atoms. The number of ether oxygens (including phenoxy) is 1. The van der Waals surface area contributed by atoms with Crippen molar-refractivity contribution in [3.05, 3.63) is 30.0 Å². The number of Topliss-reactive ketones (excluding diaryl/α,β-unsaturated/α-hetero) is 2. The number of ketones is 2. The Kier molecular flexibility index (Phi) is 6.77. The van der Waals surface area contributed by atoms with E-state index in [4.69, 9.17) is 4.74 Å². The summed E-state index contributed by atoms with van der Waals surface area (Å²) in [4.78, 5) is 56.5. The number of H-pyrrole nitrogens is 1. The molecule has 2 saturated carbocycles. The minimum absolute atomic E-state index is 0.0860. The van der Waals surface area contributed by atoms with Crippen molar-refractivity contribution in [2.45, 2.75) is 76.3 Å². The number of hydrogen-bond donors (Lipinski definition) is 2. The van der Waals surface area contributed by atoms with Gasteiger partial charge in [-0.05, 0) is 43.9 Å². The predicted octanol–water partition coefficient (Wildman–Crippen LogP) is 4.03. The fourth-order valence-electron chi connectivity index (χ4n) is 6.15. The molecule has 3 aliphatic rings. The third kappa shape index (κ3) is 4.58. The molecule has 2 heterocycles. The largest absolute Gasteiger partial charge is 0.496 e. The molecule has 4 atom stereocenters. The Morgan fingerprint density at radius 2 is 2.03 bits per heavy atom. The van der Waals surface area contributed by atoms with Crippen LogP contribution in [0.2, 0.25) is 0 Å². The van der Waals surface area contributed by atoms with Crippen molar-refractivity contribution < 1.29 is 32.7 Å². The number of hydrogen-bond acceptors (Lipinski definition) is 5. The zero-order chi connectivity index (χ0) is 27.2. The average Bonchev–Trinajstić information content (AvgIpc) is 3.25. The molecule has 0 bridgehead atoms. The van der Waals surface area contributed by atoms with Gasteiger partial charge in [-0.25, -0.2) is 8.78 Å². The van der Waals surface area contributed by atoms with Gasteiger partial charge >= 0.3 is 0 Å². The highest BCUT2D eigenvalue weighted by Gasteiger charge is 2.75. The van der Waals surface area contributed by atoms with Crippen molar-refractivity contribution in [2.24, 2.45) is 11.3 Å². The number of aromatic nitrogens is 1. The Balaban J connectivity index is 1.40. The van der Waals surface area contributed by atoms with Gasteiger partial charge in [0.15, 0.2) is 5.78 Å². The number of amides is 2. The lowest BCUT2D eigenvalue weighted by Crippen LogP contribution is -2.51. The molecular weight excluding hydrogens is 496 g/mol. The number of alkyl halides is 2. The molecule has 8 nitrogen and oxygen atoms in total. The molecule has 2 amide bonds. The van der Waals surface area contributed by atoms with Crippen molar-refractivity contribution in [1.29, 1.82) is 0 Å². The lowest BCUT2D eigenvalue weighted by molar-refractivity contribution is -0.132. The molecule has 0 unspecified atom stereocenters. The first-order valence-corrected chi connectivity index (χ1v) is 13.3. The van der Waals surface area contributed by atoms with Crippen molar-refractivity contribution >= 4 is 34.3 Å². The third-order valence-electron chi connectivity index (χ3n) is 8.54. The molecule has 1 aliphatic heterocycles. The van der Waals surface area contributed by atoms with Crippen LogP contribution in [0, 0.1) is 11.3 Å². The summed E-state index contributed by atoms with van der Waals surface area (Å²) in [6.07, 6.45) is 2.62. The monoisotopic (exact) mass is 529 g/mol. The predicted molar refractivity (Wildman–Crippen MR) is 135 cm³/mol. The van der Waals surface area contributed by atoms with Crippen molar-refractivity contribution in [2.75, 3.05) is 13.7 Å². The van der Waals surface area contributed by atoms with Gasteiger partial charge < -0.3 is 19.9 Å². The van der Waals surface area contributed by atoms with Gasteiger partial charge in [-0.15, -0.1) is 0 Å². The maximum Gasteiger partial charge on any atom is 0.271 e. The van der Waals surface area contributed by atoms with Gasteiger partial charge in [0.2, 0.25) is 5.91 Å². The first-order chi connectivity index (χ1) is 18.1. The van der Waals surface area contributed by atoms with Gasteiger partial charge in [-0.1, -0.05) is 19.4 Å². The van der Waals surface area contributed by atoms with Crippen LogP contribution in [0.5, 0.6) is 5.75 Å². The molecule has 2 aliphatic carbocycles. The molecule has 204 valence electrons. The molecule has 2 aromatic rings. The number of methoxy groups -OCH3 is 1. The summed E-state index contributed by atoms with van der Waals surface area (Å²) in [7, 11) is 1.51. The molecule has 3 fully saturated rings. The lowest BCUT2D eigenvalue weighted by Gasteiger charge is -2.28. The van der Waals surface area contributed by atoms with Crippen LogP contribution in [-0.4, -0.2) is 64.9 Å². The molecule has 1 saturated heterocycles. The summed E-state index contributed by atoms with van der Waals surface area (Å²) in [5.74, 6) is -4.06. The average molecular weight is 530 g/mol. The first-order valence-electron chi connectivity index (χ1n) is 13.3. The molecule has 1 aromatic heterocycles. The van der Waals surface area contributed by atoms with Crippen LogP contribution in [-0.2, 0) is 14.4 Å². The standard InChI is InChI=1S/C28H33F2N3O5/c1-3-22(34)19(11-16-7-4-5-9-23(16)35)32-25(36)21-13-27(14-28(27,29)30)15-33(21)26(37)20-12-17-18(31-20)8-6-10-24(17)38-2/h6,8,10,12,16,19,21,31H,3-5,7,9,11,13-15H2,1-2H3,(H,32,36)/t16-,19-,21-,27-/m0/s1. The van der Waals surface area contributed by atoms with Crippen LogP contribution >= 0.6 is 0 Å². The van der Waals surface area contributed by atoms with Crippen LogP contribution in [0.3, 0.4) is 0 Å². The molecule has 10 heteroatoms. The third-order valence-corrected chi connectivity index (χ3v) is 8.54. The van der Waals surface area contributed by atoms with Gasteiger partial charge in [-0.3, -0.25) is 19.2 Å². The van der Waals surface area contributed by atoms with E-state index in [-0.39, 0.29) is 55.4 Å². The minimum Gasteiger partial charge on any atom is -0.496 e. The summed E-state index contributed by atoms with van der Waals surface area (Å²) >= 11 is 0. The van der Waals surface area contributed by atoms with Crippen LogP contribution in [0.4, 0.5) is 8.78 Å². The van der Waals surface area contributed by atoms with E-state index in [0.717, 1.165) is 12.8 Å². The minimum atomic E-state index is -2.96. The van der Waals surface area contributed by atoms with E-state index in [1.807, 2.05) is 0 Å². The van der Waals surface area contributed by atoms with Gasteiger partial charge in [0, 0.05) is 42.6 Å². The maximum atomic E-state index is 14.4. The molecule has 1 aromatic carbocycles. The molecule has 5 rings (SSSR count). The lowest BCUT2D eigenvalue weighted by atomic mass is 9.82. The number of carbonyl (C=O) groups is 4. The topological polar surface area (TPSA) is 109 Å². The van der Waals surface area contributed by atoms with E-state index in [1.54, 1.807) is 31.2 Å². The Hall–Kier alpha value is -3.30. The second kappa shape index (κ2) is 9.78. The Bertz CT molecular complexity index is 1290. The number of rotatable bonds is 8.